The maximum absolute atomic E-state index is 12.7. The average molecular weight is 431 g/mol. The molecule has 2 aromatic heterocycles. The first-order chi connectivity index (χ1) is 13.5. The molecule has 28 heavy (non-hydrogen) atoms. The summed E-state index contributed by atoms with van der Waals surface area (Å²) in [5.74, 6) is 0.802. The van der Waals surface area contributed by atoms with Crippen LogP contribution in [0, 0.1) is 17.2 Å². The minimum absolute atomic E-state index is 0.148. The average Bonchev–Trinajstić information content (AvgIpc) is 3.27. The number of thiophene rings is 1. The molecule has 0 aliphatic heterocycles. The summed E-state index contributed by atoms with van der Waals surface area (Å²) < 4.78 is 5.70. The van der Waals surface area contributed by atoms with Crippen LogP contribution in [0.5, 0.6) is 0 Å². The molecule has 142 valence electrons. The van der Waals surface area contributed by atoms with Gasteiger partial charge in [-0.2, -0.15) is 5.26 Å². The number of nitrogens with zero attached hydrogens (tertiary/aromatic N) is 1. The molecule has 3 aromatic rings. The number of halogens is 2. The first-order valence-corrected chi connectivity index (χ1v) is 10.4. The van der Waals surface area contributed by atoms with E-state index in [-0.39, 0.29) is 5.76 Å². The van der Waals surface area contributed by atoms with Crippen molar-refractivity contribution in [1.29, 1.82) is 5.26 Å². The molecule has 0 spiro atoms. The smallest absolute Gasteiger partial charge is 0.292 e. The third kappa shape index (κ3) is 3.56. The van der Waals surface area contributed by atoms with E-state index in [4.69, 9.17) is 27.6 Å². The highest BCUT2D eigenvalue weighted by Crippen LogP contribution is 2.39. The zero-order valence-electron chi connectivity index (χ0n) is 15.0. The number of fused-ring (bicyclic) bond motifs is 1. The molecule has 0 saturated carbocycles. The summed E-state index contributed by atoms with van der Waals surface area (Å²) in [6.07, 6.45) is 2.89. The fourth-order valence-corrected chi connectivity index (χ4v) is 5.15. The Morgan fingerprint density at radius 3 is 2.93 bits per heavy atom. The van der Waals surface area contributed by atoms with E-state index in [1.165, 1.54) is 16.2 Å². The monoisotopic (exact) mass is 430 g/mol. The summed E-state index contributed by atoms with van der Waals surface area (Å²) >= 11 is 13.7. The Bertz CT molecular complexity index is 1110. The topological polar surface area (TPSA) is 66.0 Å². The van der Waals surface area contributed by atoms with Gasteiger partial charge in [0.25, 0.3) is 5.91 Å². The minimum Gasteiger partial charge on any atom is -0.451 e. The van der Waals surface area contributed by atoms with Crippen LogP contribution in [0.25, 0.3) is 11.3 Å². The van der Waals surface area contributed by atoms with Crippen molar-refractivity contribution in [1.82, 2.24) is 0 Å². The Morgan fingerprint density at radius 2 is 2.14 bits per heavy atom. The van der Waals surface area contributed by atoms with Crippen LogP contribution in [-0.4, -0.2) is 5.91 Å². The van der Waals surface area contributed by atoms with Crippen LogP contribution in [0.2, 0.25) is 10.0 Å². The molecule has 1 amide bonds. The van der Waals surface area contributed by atoms with E-state index in [1.807, 2.05) is 0 Å². The quantitative estimate of drug-likeness (QED) is 0.511. The van der Waals surface area contributed by atoms with E-state index < -0.39 is 5.91 Å². The number of nitriles is 1. The molecule has 4 rings (SSSR count). The number of amides is 1. The molecule has 1 aromatic carbocycles. The Morgan fingerprint density at radius 1 is 1.32 bits per heavy atom. The third-order valence-corrected chi connectivity index (χ3v) is 6.61. The fraction of sp³-hybridized carbons (Fsp3) is 0.238. The van der Waals surface area contributed by atoms with Gasteiger partial charge < -0.3 is 9.73 Å². The van der Waals surface area contributed by atoms with Crippen molar-refractivity contribution in [2.75, 3.05) is 5.32 Å². The summed E-state index contributed by atoms with van der Waals surface area (Å²) in [7, 11) is 0. The lowest BCUT2D eigenvalue weighted by atomic mass is 9.89. The number of hydrogen-bond donors (Lipinski definition) is 1. The van der Waals surface area contributed by atoms with Gasteiger partial charge in [0.15, 0.2) is 5.76 Å². The molecular weight excluding hydrogens is 415 g/mol. The lowest BCUT2D eigenvalue weighted by Gasteiger charge is -2.17. The summed E-state index contributed by atoms with van der Waals surface area (Å²) in [6.45, 7) is 2.21. The van der Waals surface area contributed by atoms with E-state index in [0.717, 1.165) is 24.8 Å². The van der Waals surface area contributed by atoms with Crippen LogP contribution in [0.15, 0.2) is 34.7 Å². The lowest BCUT2D eigenvalue weighted by Crippen LogP contribution is -2.11. The number of rotatable bonds is 3. The number of hydrogen-bond acceptors (Lipinski definition) is 4. The SMILES string of the molecule is CC1CCc2c(sc(NC(=O)c3ccc(-c4cc(Cl)ccc4Cl)o3)c2C#N)C1. The van der Waals surface area contributed by atoms with Crippen molar-refractivity contribution in [2.24, 2.45) is 5.92 Å². The molecule has 2 heterocycles. The zero-order valence-corrected chi connectivity index (χ0v) is 17.3. The second-order valence-electron chi connectivity index (χ2n) is 6.91. The number of benzene rings is 1. The number of carbonyl (C=O) groups excluding carboxylic acids is 1. The summed E-state index contributed by atoms with van der Waals surface area (Å²) in [6, 6.07) is 10.6. The van der Waals surface area contributed by atoms with Crippen molar-refractivity contribution in [3.8, 4) is 17.4 Å². The van der Waals surface area contributed by atoms with Gasteiger partial charge in [-0.3, -0.25) is 4.79 Å². The molecule has 1 atom stereocenters. The van der Waals surface area contributed by atoms with E-state index in [9.17, 15) is 10.1 Å². The molecule has 0 fully saturated rings. The van der Waals surface area contributed by atoms with Crippen LogP contribution in [-0.2, 0) is 12.8 Å². The number of carbonyl (C=O) groups is 1. The second kappa shape index (κ2) is 7.63. The van der Waals surface area contributed by atoms with E-state index >= 15 is 0 Å². The normalized spacial score (nSPS) is 15.7. The Balaban J connectivity index is 1.60. The Labute approximate surface area is 176 Å². The second-order valence-corrected chi connectivity index (χ2v) is 8.86. The molecule has 0 bridgehead atoms. The first kappa shape index (κ1) is 19.1. The maximum atomic E-state index is 12.7. The molecule has 0 radical (unpaired) electrons. The summed E-state index contributed by atoms with van der Waals surface area (Å²) in [4.78, 5) is 13.9. The predicted molar refractivity (Wildman–Crippen MR) is 112 cm³/mol. The maximum Gasteiger partial charge on any atom is 0.292 e. The van der Waals surface area contributed by atoms with Gasteiger partial charge in [0.05, 0.1) is 10.6 Å². The lowest BCUT2D eigenvalue weighted by molar-refractivity contribution is 0.0998. The van der Waals surface area contributed by atoms with Gasteiger partial charge in [-0.1, -0.05) is 30.1 Å². The Kier molecular flexibility index (Phi) is 5.20. The van der Waals surface area contributed by atoms with Gasteiger partial charge in [-0.15, -0.1) is 11.3 Å². The zero-order chi connectivity index (χ0) is 19.8. The van der Waals surface area contributed by atoms with Gasteiger partial charge in [-0.25, -0.2) is 0 Å². The van der Waals surface area contributed by atoms with Crippen LogP contribution >= 0.6 is 34.5 Å². The van der Waals surface area contributed by atoms with E-state index in [0.29, 0.717) is 37.9 Å². The number of anilines is 1. The number of furan rings is 1. The highest BCUT2D eigenvalue weighted by molar-refractivity contribution is 7.16. The predicted octanol–water partition coefficient (Wildman–Crippen LogP) is 6.56. The third-order valence-electron chi connectivity index (χ3n) is 4.87. The fourth-order valence-electron chi connectivity index (χ4n) is 3.41. The van der Waals surface area contributed by atoms with Crippen LogP contribution in [0.1, 0.15) is 39.9 Å². The highest BCUT2D eigenvalue weighted by atomic mass is 35.5. The molecule has 1 unspecified atom stereocenters. The van der Waals surface area contributed by atoms with E-state index in [2.05, 4.69) is 18.3 Å². The molecule has 4 nitrogen and oxygen atoms in total. The van der Waals surface area contributed by atoms with E-state index in [1.54, 1.807) is 30.3 Å². The van der Waals surface area contributed by atoms with Crippen molar-refractivity contribution in [2.45, 2.75) is 26.2 Å². The minimum atomic E-state index is -0.396. The van der Waals surface area contributed by atoms with Gasteiger partial charge in [0, 0.05) is 15.5 Å². The molecule has 1 aliphatic rings. The molecule has 1 aliphatic carbocycles. The van der Waals surface area contributed by atoms with Crippen molar-refractivity contribution in [3.63, 3.8) is 0 Å². The van der Waals surface area contributed by atoms with Gasteiger partial charge in [-0.05, 0) is 61.1 Å². The molecule has 0 saturated heterocycles. The van der Waals surface area contributed by atoms with Crippen molar-refractivity contribution < 1.29 is 9.21 Å². The van der Waals surface area contributed by atoms with Crippen molar-refractivity contribution in [3.05, 3.63) is 62.1 Å². The molecular formula is C21H16Cl2N2O2S. The highest BCUT2D eigenvalue weighted by Gasteiger charge is 2.25. The van der Waals surface area contributed by atoms with Gasteiger partial charge in [0.2, 0.25) is 0 Å². The molecule has 1 N–H and O–H groups in total. The molecule has 7 heteroatoms. The Hall–Kier alpha value is -2.26. The summed E-state index contributed by atoms with van der Waals surface area (Å²) in [5.41, 5.74) is 2.27. The van der Waals surface area contributed by atoms with Gasteiger partial charge >= 0.3 is 0 Å². The summed E-state index contributed by atoms with van der Waals surface area (Å²) in [5, 5.41) is 14.0. The van der Waals surface area contributed by atoms with Crippen LogP contribution in [0.3, 0.4) is 0 Å². The standard InChI is InChI=1S/C21H16Cl2N2O2S/c1-11-2-4-13-15(10-24)21(28-19(13)8-11)25-20(26)18-7-6-17(27-18)14-9-12(22)3-5-16(14)23/h3,5-7,9,11H,2,4,8H2,1H3,(H,25,26). The number of nitrogens with one attached hydrogen (secondary N) is 1. The van der Waals surface area contributed by atoms with Crippen molar-refractivity contribution >= 4 is 45.4 Å². The van der Waals surface area contributed by atoms with Crippen LogP contribution in [0.4, 0.5) is 5.00 Å². The van der Waals surface area contributed by atoms with Gasteiger partial charge in [0.1, 0.15) is 16.8 Å². The van der Waals surface area contributed by atoms with Crippen LogP contribution < -0.4 is 5.32 Å². The first-order valence-electron chi connectivity index (χ1n) is 8.87. The largest absolute Gasteiger partial charge is 0.451 e.